The molecule has 0 spiro atoms. The molecule has 1 rings (SSSR count). The largest absolute Gasteiger partial charge is 0.396 e. The first kappa shape index (κ1) is 18.2. The van der Waals surface area contributed by atoms with Crippen LogP contribution in [0, 0.1) is 17.0 Å². The third kappa shape index (κ3) is 5.89. The molecule has 1 aromatic carbocycles. The van der Waals surface area contributed by atoms with Gasteiger partial charge in [-0.1, -0.05) is 13.8 Å². The van der Waals surface area contributed by atoms with Crippen molar-refractivity contribution in [2.75, 3.05) is 13.2 Å². The van der Waals surface area contributed by atoms with Gasteiger partial charge in [-0.3, -0.25) is 9.59 Å². The molecule has 0 radical (unpaired) electrons. The van der Waals surface area contributed by atoms with Crippen molar-refractivity contribution in [3.05, 3.63) is 35.4 Å². The molecule has 0 aliphatic carbocycles. The third-order valence-corrected chi connectivity index (χ3v) is 3.37. The molecule has 0 atom stereocenters. The molecule has 0 saturated carbocycles. The number of carbonyl (C=O) groups excluding carboxylic acids is 2. The Hall–Kier alpha value is -1.82. The van der Waals surface area contributed by atoms with Crippen LogP contribution in [0.25, 0.3) is 0 Å². The number of halogens is 2. The Balaban J connectivity index is 2.43. The molecule has 0 bridgehead atoms. The number of carbonyl (C=O) groups is 2. The highest BCUT2D eigenvalue weighted by Gasteiger charge is 2.18. The van der Waals surface area contributed by atoms with Crippen molar-refractivity contribution in [3.8, 4) is 0 Å². The molecule has 1 amide bonds. The van der Waals surface area contributed by atoms with Gasteiger partial charge in [0, 0.05) is 31.6 Å². The Kier molecular flexibility index (Phi) is 6.61. The SMILES string of the molecule is CC(C)(CCO)CNC(=O)CCC(=O)c1ccc(F)c(F)c1. The molecule has 0 unspecified atom stereocenters. The van der Waals surface area contributed by atoms with Crippen LogP contribution in [0.15, 0.2) is 18.2 Å². The molecular weight excluding hydrogens is 292 g/mol. The van der Waals surface area contributed by atoms with Crippen molar-refractivity contribution in [2.45, 2.75) is 33.1 Å². The van der Waals surface area contributed by atoms with E-state index in [1.165, 1.54) is 6.07 Å². The van der Waals surface area contributed by atoms with Crippen molar-refractivity contribution < 1.29 is 23.5 Å². The quantitative estimate of drug-likeness (QED) is 0.725. The van der Waals surface area contributed by atoms with Gasteiger partial charge in [-0.05, 0) is 30.0 Å². The van der Waals surface area contributed by atoms with Crippen LogP contribution in [-0.2, 0) is 4.79 Å². The van der Waals surface area contributed by atoms with Gasteiger partial charge in [0.25, 0.3) is 0 Å². The molecule has 0 fully saturated rings. The molecule has 122 valence electrons. The first-order valence-electron chi connectivity index (χ1n) is 7.11. The number of amides is 1. The molecule has 22 heavy (non-hydrogen) atoms. The van der Waals surface area contributed by atoms with Crippen molar-refractivity contribution in [2.24, 2.45) is 5.41 Å². The Morgan fingerprint density at radius 1 is 1.18 bits per heavy atom. The molecule has 0 aromatic heterocycles. The van der Waals surface area contributed by atoms with E-state index in [9.17, 15) is 18.4 Å². The van der Waals surface area contributed by atoms with Gasteiger partial charge in [0.1, 0.15) is 0 Å². The second-order valence-electron chi connectivity index (χ2n) is 5.97. The van der Waals surface area contributed by atoms with Gasteiger partial charge in [-0.2, -0.15) is 0 Å². The summed E-state index contributed by atoms with van der Waals surface area (Å²) in [5.74, 6) is -2.80. The van der Waals surface area contributed by atoms with E-state index in [1.54, 1.807) is 0 Å². The predicted molar refractivity (Wildman–Crippen MR) is 78.4 cm³/mol. The summed E-state index contributed by atoms with van der Waals surface area (Å²) in [5, 5.41) is 11.6. The first-order valence-corrected chi connectivity index (χ1v) is 7.11. The van der Waals surface area contributed by atoms with Crippen LogP contribution in [-0.4, -0.2) is 29.9 Å². The molecule has 2 N–H and O–H groups in total. The second kappa shape index (κ2) is 7.98. The minimum absolute atomic E-state index is 0.0208. The van der Waals surface area contributed by atoms with Gasteiger partial charge in [-0.15, -0.1) is 0 Å². The standard InChI is InChI=1S/C16H21F2NO3/c1-16(2,7-8-20)10-19-15(22)6-5-14(21)11-3-4-12(17)13(18)9-11/h3-4,9,20H,5-8,10H2,1-2H3,(H,19,22). The Morgan fingerprint density at radius 2 is 1.86 bits per heavy atom. The third-order valence-electron chi connectivity index (χ3n) is 3.37. The van der Waals surface area contributed by atoms with Crippen LogP contribution in [0.4, 0.5) is 8.78 Å². The number of benzene rings is 1. The van der Waals surface area contributed by atoms with Crippen molar-refractivity contribution in [3.63, 3.8) is 0 Å². The number of aliphatic hydroxyl groups is 1. The lowest BCUT2D eigenvalue weighted by Crippen LogP contribution is -2.34. The second-order valence-corrected chi connectivity index (χ2v) is 5.97. The Labute approximate surface area is 128 Å². The lowest BCUT2D eigenvalue weighted by molar-refractivity contribution is -0.121. The zero-order valence-corrected chi connectivity index (χ0v) is 12.8. The summed E-state index contributed by atoms with van der Waals surface area (Å²) in [4.78, 5) is 23.5. The molecule has 0 saturated heterocycles. The van der Waals surface area contributed by atoms with Crippen molar-refractivity contribution in [1.82, 2.24) is 5.32 Å². The number of ketones is 1. The smallest absolute Gasteiger partial charge is 0.220 e. The average Bonchev–Trinajstić information content (AvgIpc) is 2.45. The van der Waals surface area contributed by atoms with E-state index in [1.807, 2.05) is 13.8 Å². The predicted octanol–water partition coefficient (Wildman–Crippen LogP) is 2.45. The zero-order valence-electron chi connectivity index (χ0n) is 12.8. The maximum atomic E-state index is 13.0. The number of aliphatic hydroxyl groups excluding tert-OH is 1. The van der Waals surface area contributed by atoms with Crippen LogP contribution >= 0.6 is 0 Å². The molecular formula is C16H21F2NO3. The number of hydrogen-bond acceptors (Lipinski definition) is 3. The van der Waals surface area contributed by atoms with Gasteiger partial charge in [0.05, 0.1) is 0 Å². The zero-order chi connectivity index (χ0) is 16.8. The lowest BCUT2D eigenvalue weighted by atomic mass is 9.90. The average molecular weight is 313 g/mol. The molecule has 0 aliphatic rings. The van der Waals surface area contributed by atoms with E-state index in [0.717, 1.165) is 12.1 Å². The first-order chi connectivity index (χ1) is 10.2. The highest BCUT2D eigenvalue weighted by atomic mass is 19.2. The summed E-state index contributed by atoms with van der Waals surface area (Å²) in [6.07, 6.45) is 0.464. The summed E-state index contributed by atoms with van der Waals surface area (Å²) < 4.78 is 25.8. The van der Waals surface area contributed by atoms with E-state index in [4.69, 9.17) is 5.11 Å². The maximum Gasteiger partial charge on any atom is 0.220 e. The van der Waals surface area contributed by atoms with Gasteiger partial charge in [0.15, 0.2) is 17.4 Å². The molecule has 0 aliphatic heterocycles. The fourth-order valence-electron chi connectivity index (χ4n) is 1.86. The lowest BCUT2D eigenvalue weighted by Gasteiger charge is -2.23. The van der Waals surface area contributed by atoms with E-state index >= 15 is 0 Å². The highest BCUT2D eigenvalue weighted by molar-refractivity contribution is 5.97. The van der Waals surface area contributed by atoms with Crippen LogP contribution in [0.2, 0.25) is 0 Å². The number of hydrogen-bond donors (Lipinski definition) is 2. The molecule has 4 nitrogen and oxygen atoms in total. The van der Waals surface area contributed by atoms with E-state index in [2.05, 4.69) is 5.32 Å². The topological polar surface area (TPSA) is 66.4 Å². The summed E-state index contributed by atoms with van der Waals surface area (Å²) >= 11 is 0. The number of rotatable bonds is 8. The normalized spacial score (nSPS) is 11.3. The van der Waals surface area contributed by atoms with Crippen molar-refractivity contribution in [1.29, 1.82) is 0 Å². The van der Waals surface area contributed by atoms with Gasteiger partial charge < -0.3 is 10.4 Å². The fraction of sp³-hybridized carbons (Fsp3) is 0.500. The minimum atomic E-state index is -1.08. The van der Waals surface area contributed by atoms with Crippen molar-refractivity contribution >= 4 is 11.7 Å². The van der Waals surface area contributed by atoms with Crippen LogP contribution in [0.5, 0.6) is 0 Å². The number of nitrogens with one attached hydrogen (secondary N) is 1. The van der Waals surface area contributed by atoms with Gasteiger partial charge in [0.2, 0.25) is 5.91 Å². The van der Waals surface area contributed by atoms with Crippen LogP contribution in [0.3, 0.4) is 0 Å². The van der Waals surface area contributed by atoms with Gasteiger partial charge >= 0.3 is 0 Å². The van der Waals surface area contributed by atoms with Crippen LogP contribution in [0.1, 0.15) is 43.5 Å². The Morgan fingerprint density at radius 3 is 2.45 bits per heavy atom. The van der Waals surface area contributed by atoms with E-state index in [0.29, 0.717) is 13.0 Å². The number of Topliss-reactive ketones (excluding diaryl/α,β-unsaturated/α-hetero) is 1. The highest BCUT2D eigenvalue weighted by Crippen LogP contribution is 2.18. The van der Waals surface area contributed by atoms with E-state index in [-0.39, 0.29) is 36.3 Å². The minimum Gasteiger partial charge on any atom is -0.396 e. The fourth-order valence-corrected chi connectivity index (χ4v) is 1.86. The molecule has 0 heterocycles. The van der Waals surface area contributed by atoms with E-state index < -0.39 is 17.4 Å². The summed E-state index contributed by atoms with van der Waals surface area (Å²) in [6.45, 7) is 4.26. The summed E-state index contributed by atoms with van der Waals surface area (Å²) in [6, 6.07) is 2.92. The van der Waals surface area contributed by atoms with Crippen LogP contribution < -0.4 is 5.32 Å². The summed E-state index contributed by atoms with van der Waals surface area (Å²) in [5.41, 5.74) is -0.179. The van der Waals surface area contributed by atoms with Gasteiger partial charge in [-0.25, -0.2) is 8.78 Å². The summed E-state index contributed by atoms with van der Waals surface area (Å²) in [7, 11) is 0. The molecule has 6 heteroatoms. The maximum absolute atomic E-state index is 13.0. The molecule has 1 aromatic rings. The monoisotopic (exact) mass is 313 g/mol. The Bertz CT molecular complexity index is 544.